The second-order valence-electron chi connectivity index (χ2n) is 5.68. The number of ether oxygens (including phenoxy) is 2. The van der Waals surface area contributed by atoms with Gasteiger partial charge in [-0.3, -0.25) is 9.59 Å². The van der Waals surface area contributed by atoms with E-state index in [4.69, 9.17) is 9.47 Å². The van der Waals surface area contributed by atoms with Crippen molar-refractivity contribution < 1.29 is 19.1 Å². The van der Waals surface area contributed by atoms with Gasteiger partial charge in [0.1, 0.15) is 12.3 Å². The first kappa shape index (κ1) is 12.4. The van der Waals surface area contributed by atoms with Gasteiger partial charge in [0.05, 0.1) is 25.0 Å². The third-order valence-corrected chi connectivity index (χ3v) is 3.00. The maximum absolute atomic E-state index is 11.9. The van der Waals surface area contributed by atoms with E-state index in [0.717, 1.165) is 0 Å². The van der Waals surface area contributed by atoms with Crippen molar-refractivity contribution >= 4 is 11.9 Å². The molecule has 2 saturated heterocycles. The molecule has 2 heterocycles. The van der Waals surface area contributed by atoms with Gasteiger partial charge in [0.25, 0.3) is 0 Å². The second-order valence-corrected chi connectivity index (χ2v) is 5.68. The molecule has 2 atom stereocenters. The summed E-state index contributed by atoms with van der Waals surface area (Å²) in [6.45, 7) is 6.44. The second kappa shape index (κ2) is 4.29. The predicted octanol–water partition coefficient (Wildman–Crippen LogP) is 0.923. The number of carbonyl (C=O) groups is 2. The first-order valence-electron chi connectivity index (χ1n) is 5.97. The van der Waals surface area contributed by atoms with Crippen LogP contribution in [0.4, 0.5) is 0 Å². The Balaban J connectivity index is 1.88. The third kappa shape index (κ3) is 2.77. The van der Waals surface area contributed by atoms with Crippen LogP contribution in [0.2, 0.25) is 0 Å². The standard InChI is InChI=1S/C12H19NO4/c1-12(2,3)17-10(14)5-8-4-9-6-16-7-13(9)11(8)15/h8-9H,4-7H2,1-3H3. The maximum atomic E-state index is 11.9. The summed E-state index contributed by atoms with van der Waals surface area (Å²) in [5, 5.41) is 0. The number of nitrogens with zero attached hydrogens (tertiary/aromatic N) is 1. The Morgan fingerprint density at radius 1 is 1.53 bits per heavy atom. The Morgan fingerprint density at radius 3 is 2.82 bits per heavy atom. The van der Waals surface area contributed by atoms with Crippen molar-refractivity contribution in [2.24, 2.45) is 5.92 Å². The number of esters is 1. The minimum Gasteiger partial charge on any atom is -0.460 e. The monoisotopic (exact) mass is 241 g/mol. The first-order chi connectivity index (χ1) is 7.87. The van der Waals surface area contributed by atoms with Crippen LogP contribution in [0.1, 0.15) is 33.6 Å². The van der Waals surface area contributed by atoms with Gasteiger partial charge in [0.2, 0.25) is 5.91 Å². The van der Waals surface area contributed by atoms with Crippen LogP contribution in [0.5, 0.6) is 0 Å². The maximum Gasteiger partial charge on any atom is 0.307 e. The molecule has 5 heteroatoms. The van der Waals surface area contributed by atoms with E-state index in [1.54, 1.807) is 4.90 Å². The van der Waals surface area contributed by atoms with Crippen molar-refractivity contribution in [3.05, 3.63) is 0 Å². The summed E-state index contributed by atoms with van der Waals surface area (Å²) < 4.78 is 10.4. The van der Waals surface area contributed by atoms with Crippen molar-refractivity contribution in [1.82, 2.24) is 4.90 Å². The average Bonchev–Trinajstić information content (AvgIpc) is 2.69. The van der Waals surface area contributed by atoms with E-state index in [2.05, 4.69) is 0 Å². The summed E-state index contributed by atoms with van der Waals surface area (Å²) in [6, 6.07) is 0.162. The van der Waals surface area contributed by atoms with E-state index in [-0.39, 0.29) is 30.3 Å². The first-order valence-corrected chi connectivity index (χ1v) is 5.97. The number of rotatable bonds is 2. The number of hydrogen-bond acceptors (Lipinski definition) is 4. The lowest BCUT2D eigenvalue weighted by Crippen LogP contribution is -2.31. The zero-order valence-corrected chi connectivity index (χ0v) is 10.6. The van der Waals surface area contributed by atoms with Gasteiger partial charge < -0.3 is 14.4 Å². The normalized spacial score (nSPS) is 28.4. The molecule has 0 aliphatic carbocycles. The van der Waals surface area contributed by atoms with Crippen LogP contribution >= 0.6 is 0 Å². The van der Waals surface area contributed by atoms with E-state index in [1.807, 2.05) is 20.8 Å². The fourth-order valence-electron chi connectivity index (χ4n) is 2.34. The minimum absolute atomic E-state index is 0.0263. The molecule has 0 aromatic rings. The van der Waals surface area contributed by atoms with Crippen LogP contribution in [-0.2, 0) is 19.1 Å². The van der Waals surface area contributed by atoms with Crippen molar-refractivity contribution in [3.8, 4) is 0 Å². The molecule has 0 radical (unpaired) electrons. The van der Waals surface area contributed by atoms with E-state index >= 15 is 0 Å². The number of carbonyl (C=O) groups excluding carboxylic acids is 2. The van der Waals surface area contributed by atoms with Gasteiger partial charge in [0.15, 0.2) is 0 Å². The fraction of sp³-hybridized carbons (Fsp3) is 0.833. The molecule has 0 N–H and O–H groups in total. The molecule has 1 amide bonds. The highest BCUT2D eigenvalue weighted by atomic mass is 16.6. The molecule has 0 aromatic heterocycles. The van der Waals surface area contributed by atoms with Crippen LogP contribution in [0, 0.1) is 5.92 Å². The van der Waals surface area contributed by atoms with Gasteiger partial charge in [-0.05, 0) is 27.2 Å². The fourth-order valence-corrected chi connectivity index (χ4v) is 2.34. The zero-order chi connectivity index (χ0) is 12.6. The van der Waals surface area contributed by atoms with Crippen LogP contribution in [-0.4, -0.2) is 41.8 Å². The van der Waals surface area contributed by atoms with Gasteiger partial charge in [-0.1, -0.05) is 0 Å². The molecule has 0 spiro atoms. The molecule has 2 fully saturated rings. The number of amides is 1. The third-order valence-electron chi connectivity index (χ3n) is 3.00. The molecular weight excluding hydrogens is 222 g/mol. The molecule has 0 aromatic carbocycles. The highest BCUT2D eigenvalue weighted by molar-refractivity contribution is 5.86. The minimum atomic E-state index is -0.488. The molecule has 96 valence electrons. The summed E-state index contributed by atoms with van der Waals surface area (Å²) in [5.74, 6) is -0.491. The molecule has 2 aliphatic rings. The Bertz CT molecular complexity index is 334. The quantitative estimate of drug-likeness (QED) is 0.675. The summed E-state index contributed by atoms with van der Waals surface area (Å²) >= 11 is 0. The summed E-state index contributed by atoms with van der Waals surface area (Å²) in [4.78, 5) is 25.3. The molecule has 17 heavy (non-hydrogen) atoms. The van der Waals surface area contributed by atoms with Crippen LogP contribution < -0.4 is 0 Å². The Kier molecular flexibility index (Phi) is 3.12. The van der Waals surface area contributed by atoms with Gasteiger partial charge in [0, 0.05) is 0 Å². The highest BCUT2D eigenvalue weighted by Gasteiger charge is 2.43. The molecule has 2 rings (SSSR count). The van der Waals surface area contributed by atoms with E-state index in [1.165, 1.54) is 0 Å². The van der Waals surface area contributed by atoms with Gasteiger partial charge >= 0.3 is 5.97 Å². The molecule has 2 unspecified atom stereocenters. The zero-order valence-electron chi connectivity index (χ0n) is 10.6. The topological polar surface area (TPSA) is 55.8 Å². The number of fused-ring (bicyclic) bond motifs is 1. The van der Waals surface area contributed by atoms with Crippen LogP contribution in [0.3, 0.4) is 0 Å². The van der Waals surface area contributed by atoms with Crippen molar-refractivity contribution in [1.29, 1.82) is 0 Å². The Labute approximate surface area is 101 Å². The largest absolute Gasteiger partial charge is 0.460 e. The molecular formula is C12H19NO4. The molecule has 0 saturated carbocycles. The van der Waals surface area contributed by atoms with Crippen molar-refractivity contribution in [2.75, 3.05) is 13.3 Å². The molecule has 0 bridgehead atoms. The SMILES string of the molecule is CC(C)(C)OC(=O)CC1CC2COCN2C1=O. The summed E-state index contributed by atoms with van der Waals surface area (Å²) in [6.07, 6.45) is 0.890. The lowest BCUT2D eigenvalue weighted by atomic mass is 10.0. The molecule has 5 nitrogen and oxygen atoms in total. The van der Waals surface area contributed by atoms with Gasteiger partial charge in [-0.25, -0.2) is 0 Å². The summed E-state index contributed by atoms with van der Waals surface area (Å²) in [5.41, 5.74) is -0.488. The van der Waals surface area contributed by atoms with Gasteiger partial charge in [-0.2, -0.15) is 0 Å². The van der Waals surface area contributed by atoms with E-state index < -0.39 is 5.60 Å². The predicted molar refractivity (Wildman–Crippen MR) is 60.0 cm³/mol. The smallest absolute Gasteiger partial charge is 0.307 e. The van der Waals surface area contributed by atoms with E-state index in [9.17, 15) is 9.59 Å². The van der Waals surface area contributed by atoms with Crippen LogP contribution in [0.15, 0.2) is 0 Å². The van der Waals surface area contributed by atoms with Crippen molar-refractivity contribution in [3.63, 3.8) is 0 Å². The molecule has 2 aliphatic heterocycles. The van der Waals surface area contributed by atoms with Gasteiger partial charge in [-0.15, -0.1) is 0 Å². The van der Waals surface area contributed by atoms with Crippen LogP contribution in [0.25, 0.3) is 0 Å². The lowest BCUT2D eigenvalue weighted by Gasteiger charge is -2.20. The Morgan fingerprint density at radius 2 is 2.24 bits per heavy atom. The lowest BCUT2D eigenvalue weighted by molar-refractivity contribution is -0.157. The summed E-state index contributed by atoms with van der Waals surface area (Å²) in [7, 11) is 0. The average molecular weight is 241 g/mol. The van der Waals surface area contributed by atoms with Crippen molar-refractivity contribution in [2.45, 2.75) is 45.3 Å². The number of hydrogen-bond donors (Lipinski definition) is 0. The Hall–Kier alpha value is -1.10. The highest BCUT2D eigenvalue weighted by Crippen LogP contribution is 2.31. The van der Waals surface area contributed by atoms with E-state index in [0.29, 0.717) is 19.8 Å².